The van der Waals surface area contributed by atoms with Gasteiger partial charge in [0.1, 0.15) is 0 Å². The highest BCUT2D eigenvalue weighted by molar-refractivity contribution is 5.76. The molecule has 0 spiro atoms. The molecule has 0 aromatic carbocycles. The van der Waals surface area contributed by atoms with Crippen LogP contribution >= 0.6 is 0 Å². The molecule has 2 unspecified atom stereocenters. The fourth-order valence-corrected chi connectivity index (χ4v) is 8.93. The zero-order chi connectivity index (χ0) is 45.8. The molecule has 0 bridgehead atoms. The molecule has 0 rings (SSSR count). The van der Waals surface area contributed by atoms with E-state index in [0.717, 1.165) is 57.8 Å². The monoisotopic (exact) mass is 890 g/mol. The molecule has 0 radical (unpaired) electrons. The van der Waals surface area contributed by atoms with Crippen LogP contribution in [0.1, 0.15) is 316 Å². The maximum absolute atomic E-state index is 12.5. The summed E-state index contributed by atoms with van der Waals surface area (Å²) in [7, 11) is 0. The summed E-state index contributed by atoms with van der Waals surface area (Å²) in [4.78, 5) is 24.5. The number of allylic oxidation sites excluding steroid dienone is 1. The van der Waals surface area contributed by atoms with Crippen LogP contribution in [0, 0.1) is 0 Å². The van der Waals surface area contributed by atoms with E-state index in [2.05, 4.69) is 19.2 Å². The van der Waals surface area contributed by atoms with Crippen LogP contribution in [0.3, 0.4) is 0 Å². The van der Waals surface area contributed by atoms with Crippen LogP contribution < -0.4 is 5.32 Å². The van der Waals surface area contributed by atoms with Crippen LogP contribution in [0.15, 0.2) is 12.2 Å². The lowest BCUT2D eigenvalue weighted by atomic mass is 10.0. The number of amides is 1. The number of rotatable bonds is 53. The molecule has 0 aliphatic carbocycles. The van der Waals surface area contributed by atoms with Crippen molar-refractivity contribution in [3.63, 3.8) is 0 Å². The van der Waals surface area contributed by atoms with E-state index in [4.69, 9.17) is 4.74 Å². The lowest BCUT2D eigenvalue weighted by molar-refractivity contribution is -0.143. The van der Waals surface area contributed by atoms with Gasteiger partial charge in [0.05, 0.1) is 25.4 Å². The Balaban J connectivity index is 3.48. The molecule has 0 saturated carbocycles. The van der Waals surface area contributed by atoms with Crippen molar-refractivity contribution in [3.8, 4) is 0 Å². The van der Waals surface area contributed by atoms with Crippen molar-refractivity contribution in [2.45, 2.75) is 328 Å². The number of hydrogen-bond donors (Lipinski definition) is 3. The number of carbonyl (C=O) groups excluding carboxylic acids is 2. The van der Waals surface area contributed by atoms with Crippen molar-refractivity contribution in [1.29, 1.82) is 0 Å². The minimum absolute atomic E-state index is 0.0158. The summed E-state index contributed by atoms with van der Waals surface area (Å²) in [5.41, 5.74) is 0. The molecule has 3 N–H and O–H groups in total. The molecular formula is C57H111NO5. The topological polar surface area (TPSA) is 95.9 Å². The smallest absolute Gasteiger partial charge is 0.305 e. The lowest BCUT2D eigenvalue weighted by Gasteiger charge is -2.20. The number of esters is 1. The van der Waals surface area contributed by atoms with E-state index in [1.54, 1.807) is 6.08 Å². The van der Waals surface area contributed by atoms with Crippen LogP contribution in [-0.4, -0.2) is 47.4 Å². The van der Waals surface area contributed by atoms with Gasteiger partial charge in [0.2, 0.25) is 5.91 Å². The van der Waals surface area contributed by atoms with Crippen molar-refractivity contribution in [2.24, 2.45) is 0 Å². The largest absolute Gasteiger partial charge is 0.466 e. The molecule has 0 heterocycles. The Morgan fingerprint density at radius 2 is 0.730 bits per heavy atom. The highest BCUT2D eigenvalue weighted by Crippen LogP contribution is 2.17. The van der Waals surface area contributed by atoms with Gasteiger partial charge in [-0.25, -0.2) is 0 Å². The average molecular weight is 891 g/mol. The molecule has 0 aromatic heterocycles. The highest BCUT2D eigenvalue weighted by Gasteiger charge is 2.18. The van der Waals surface area contributed by atoms with Crippen LogP contribution in [-0.2, 0) is 14.3 Å². The predicted octanol–water partition coefficient (Wildman–Crippen LogP) is 17.3. The summed E-state index contributed by atoms with van der Waals surface area (Å²) in [5.74, 6) is -0.103. The van der Waals surface area contributed by atoms with Gasteiger partial charge in [-0.2, -0.15) is 0 Å². The van der Waals surface area contributed by atoms with Crippen molar-refractivity contribution >= 4 is 11.9 Å². The number of ether oxygens (including phenoxy) is 1. The van der Waals surface area contributed by atoms with E-state index in [-0.39, 0.29) is 18.5 Å². The quantitative estimate of drug-likeness (QED) is 0.0321. The second-order valence-electron chi connectivity index (χ2n) is 19.6. The Hall–Kier alpha value is -1.40. The van der Waals surface area contributed by atoms with Gasteiger partial charge in [0, 0.05) is 12.8 Å². The SMILES string of the molecule is CCCCCCCCCCCCCCCCCC/C=C/C(O)C(CO)NC(=O)CCCCCCCCCCCCOC(=O)CCCCCCCCCCCCCCCCCCCC. The zero-order valence-electron chi connectivity index (χ0n) is 42.6. The van der Waals surface area contributed by atoms with Crippen LogP contribution in [0.5, 0.6) is 0 Å². The van der Waals surface area contributed by atoms with Crippen molar-refractivity contribution in [2.75, 3.05) is 13.2 Å². The molecule has 1 amide bonds. The molecule has 2 atom stereocenters. The fraction of sp³-hybridized carbons (Fsp3) is 0.930. The number of aliphatic hydroxyl groups excluding tert-OH is 2. The molecule has 6 heteroatoms. The van der Waals surface area contributed by atoms with Crippen molar-refractivity contribution in [3.05, 3.63) is 12.2 Å². The number of nitrogens with one attached hydrogen (secondary N) is 1. The molecular weight excluding hydrogens is 779 g/mol. The van der Waals surface area contributed by atoms with Crippen LogP contribution in [0.4, 0.5) is 0 Å². The third kappa shape index (κ3) is 49.9. The zero-order valence-corrected chi connectivity index (χ0v) is 42.6. The normalized spacial score (nSPS) is 12.6. The van der Waals surface area contributed by atoms with Crippen LogP contribution in [0.2, 0.25) is 0 Å². The number of unbranched alkanes of at least 4 members (excludes halogenated alkanes) is 42. The number of aliphatic hydroxyl groups is 2. The highest BCUT2D eigenvalue weighted by atomic mass is 16.5. The van der Waals surface area contributed by atoms with Gasteiger partial charge >= 0.3 is 5.97 Å². The Bertz CT molecular complexity index is 939. The summed E-state index contributed by atoms with van der Waals surface area (Å²) >= 11 is 0. The van der Waals surface area contributed by atoms with Gasteiger partial charge in [-0.1, -0.05) is 283 Å². The Morgan fingerprint density at radius 3 is 1.08 bits per heavy atom. The Kier molecular flexibility index (Phi) is 52.0. The minimum Gasteiger partial charge on any atom is -0.466 e. The van der Waals surface area contributed by atoms with E-state index < -0.39 is 12.1 Å². The first kappa shape index (κ1) is 61.6. The van der Waals surface area contributed by atoms with Crippen molar-refractivity contribution < 1.29 is 24.5 Å². The van der Waals surface area contributed by atoms with E-state index in [1.807, 2.05) is 6.08 Å². The Morgan fingerprint density at radius 1 is 0.429 bits per heavy atom. The third-order valence-corrected chi connectivity index (χ3v) is 13.3. The average Bonchev–Trinajstić information content (AvgIpc) is 3.28. The summed E-state index contributed by atoms with van der Waals surface area (Å²) in [6, 6.07) is -0.644. The minimum atomic E-state index is -0.858. The number of hydrogen-bond acceptors (Lipinski definition) is 5. The summed E-state index contributed by atoms with van der Waals surface area (Å²) < 4.78 is 5.47. The standard InChI is InChI=1S/C57H111NO5/c1-3-5-7-9-11-13-15-17-19-21-23-25-27-29-33-37-41-45-49-55(60)54(53-59)58-56(61)50-46-42-38-34-31-32-36-40-44-48-52-63-57(62)51-47-43-39-35-30-28-26-24-22-20-18-16-14-12-10-8-6-4-2/h45,49,54-55,59-60H,3-44,46-48,50-53H2,1-2H3,(H,58,61)/b49-45+. The summed E-state index contributed by atoms with van der Waals surface area (Å²) in [6.45, 7) is 4.88. The predicted molar refractivity (Wildman–Crippen MR) is 273 cm³/mol. The van der Waals surface area contributed by atoms with Gasteiger partial charge in [0.25, 0.3) is 0 Å². The second kappa shape index (κ2) is 53.2. The van der Waals surface area contributed by atoms with E-state index in [0.29, 0.717) is 19.4 Å². The Labute approximate surface area is 393 Å². The lowest BCUT2D eigenvalue weighted by Crippen LogP contribution is -2.45. The first-order chi connectivity index (χ1) is 31.0. The van der Waals surface area contributed by atoms with Gasteiger partial charge in [0.15, 0.2) is 0 Å². The molecule has 0 aliphatic heterocycles. The molecule has 63 heavy (non-hydrogen) atoms. The van der Waals surface area contributed by atoms with E-state index in [1.165, 1.54) is 231 Å². The van der Waals surface area contributed by atoms with Crippen molar-refractivity contribution in [1.82, 2.24) is 5.32 Å². The summed E-state index contributed by atoms with van der Waals surface area (Å²) in [5, 5.41) is 23.1. The summed E-state index contributed by atoms with van der Waals surface area (Å²) in [6.07, 6.45) is 62.2. The molecule has 0 aromatic rings. The molecule has 6 nitrogen and oxygen atoms in total. The van der Waals surface area contributed by atoms with Gasteiger partial charge in [-0.05, 0) is 32.1 Å². The van der Waals surface area contributed by atoms with Gasteiger partial charge < -0.3 is 20.3 Å². The molecule has 0 aliphatic rings. The fourth-order valence-electron chi connectivity index (χ4n) is 8.93. The number of carbonyl (C=O) groups is 2. The van der Waals surface area contributed by atoms with Gasteiger partial charge in [-0.15, -0.1) is 0 Å². The molecule has 374 valence electrons. The van der Waals surface area contributed by atoms with E-state index in [9.17, 15) is 19.8 Å². The van der Waals surface area contributed by atoms with Gasteiger partial charge in [-0.3, -0.25) is 9.59 Å². The molecule has 0 fully saturated rings. The first-order valence-corrected chi connectivity index (χ1v) is 28.5. The van der Waals surface area contributed by atoms with E-state index >= 15 is 0 Å². The third-order valence-electron chi connectivity index (χ3n) is 13.3. The maximum atomic E-state index is 12.5. The molecule has 0 saturated heterocycles. The maximum Gasteiger partial charge on any atom is 0.305 e. The first-order valence-electron chi connectivity index (χ1n) is 28.5. The second-order valence-corrected chi connectivity index (χ2v) is 19.6. The van der Waals surface area contributed by atoms with Crippen LogP contribution in [0.25, 0.3) is 0 Å².